The number of carbonyl (C=O) groups excluding carboxylic acids is 1. The third-order valence-electron chi connectivity index (χ3n) is 2.82. The van der Waals surface area contributed by atoms with Crippen molar-refractivity contribution in [2.75, 3.05) is 17.2 Å². The van der Waals surface area contributed by atoms with E-state index in [4.69, 9.17) is 5.26 Å². The lowest BCUT2D eigenvalue weighted by Crippen LogP contribution is -2.35. The number of nitrogens with zero attached hydrogens (tertiary/aromatic N) is 2. The lowest BCUT2D eigenvalue weighted by atomic mass is 10.0. The molecule has 0 aliphatic carbocycles. The Morgan fingerprint density at radius 3 is 2.94 bits per heavy atom. The number of hydrogen-bond donors (Lipinski definition) is 0. The Hall–Kier alpha value is -1.47. The van der Waals surface area contributed by atoms with Gasteiger partial charge in [0, 0.05) is 4.90 Å². The number of amides is 1. The average molecular weight is 246 g/mol. The first-order valence-electron chi connectivity index (χ1n) is 5.57. The summed E-state index contributed by atoms with van der Waals surface area (Å²) in [7, 11) is 0. The number of nitriles is 1. The summed E-state index contributed by atoms with van der Waals surface area (Å²) < 4.78 is 0. The summed E-state index contributed by atoms with van der Waals surface area (Å²) in [6.07, 6.45) is 0. The molecule has 0 bridgehead atoms. The van der Waals surface area contributed by atoms with Crippen molar-refractivity contribution in [3.05, 3.63) is 23.8 Å². The van der Waals surface area contributed by atoms with Crippen LogP contribution >= 0.6 is 11.8 Å². The molecule has 88 valence electrons. The number of carbonyl (C=O) groups is 1. The monoisotopic (exact) mass is 246 g/mol. The Balaban J connectivity index is 2.45. The summed E-state index contributed by atoms with van der Waals surface area (Å²) >= 11 is 1.55. The van der Waals surface area contributed by atoms with Gasteiger partial charge in [-0.15, -0.1) is 11.8 Å². The fourth-order valence-electron chi connectivity index (χ4n) is 1.82. The maximum atomic E-state index is 11.8. The summed E-state index contributed by atoms with van der Waals surface area (Å²) in [6.45, 7) is 4.37. The topological polar surface area (TPSA) is 44.1 Å². The zero-order valence-electron chi connectivity index (χ0n) is 9.93. The van der Waals surface area contributed by atoms with Crippen LogP contribution in [0.25, 0.3) is 0 Å². The molecule has 0 fully saturated rings. The van der Waals surface area contributed by atoms with E-state index in [0.717, 1.165) is 10.6 Å². The van der Waals surface area contributed by atoms with E-state index >= 15 is 0 Å². The molecule has 0 unspecified atom stereocenters. The third kappa shape index (κ3) is 2.29. The van der Waals surface area contributed by atoms with E-state index in [2.05, 4.69) is 26.0 Å². The van der Waals surface area contributed by atoms with Gasteiger partial charge < -0.3 is 0 Å². The van der Waals surface area contributed by atoms with Crippen molar-refractivity contribution in [1.29, 1.82) is 5.26 Å². The minimum atomic E-state index is 0.0185. The molecule has 0 spiro atoms. The number of anilines is 1. The fraction of sp³-hybridized carbons (Fsp3) is 0.385. The van der Waals surface area contributed by atoms with Gasteiger partial charge in [0.1, 0.15) is 6.54 Å². The molecule has 4 heteroatoms. The SMILES string of the molecule is CC(C)c1ccc2c(c1)N(CC#N)C(=O)CS2. The molecule has 0 saturated heterocycles. The maximum absolute atomic E-state index is 11.8. The lowest BCUT2D eigenvalue weighted by molar-refractivity contribution is -0.116. The molecule has 2 rings (SSSR count). The van der Waals surface area contributed by atoms with E-state index in [0.29, 0.717) is 11.7 Å². The first-order valence-corrected chi connectivity index (χ1v) is 6.56. The fourth-order valence-corrected chi connectivity index (χ4v) is 2.74. The molecular formula is C13H14N2OS. The van der Waals surface area contributed by atoms with Crippen LogP contribution < -0.4 is 4.90 Å². The third-order valence-corrected chi connectivity index (χ3v) is 3.87. The van der Waals surface area contributed by atoms with E-state index in [-0.39, 0.29) is 12.5 Å². The standard InChI is InChI=1S/C13H14N2OS/c1-9(2)10-3-4-12-11(7-10)15(6-5-14)13(16)8-17-12/h3-4,7,9H,6,8H2,1-2H3. The van der Waals surface area contributed by atoms with Crippen LogP contribution in [0.1, 0.15) is 25.3 Å². The van der Waals surface area contributed by atoms with Crippen molar-refractivity contribution in [1.82, 2.24) is 0 Å². The lowest BCUT2D eigenvalue weighted by Gasteiger charge is -2.27. The van der Waals surface area contributed by atoms with Crippen LogP contribution in [0.5, 0.6) is 0 Å². The van der Waals surface area contributed by atoms with Gasteiger partial charge in [-0.05, 0) is 23.6 Å². The van der Waals surface area contributed by atoms with Crippen LogP contribution in [0.15, 0.2) is 23.1 Å². The highest BCUT2D eigenvalue weighted by Gasteiger charge is 2.24. The van der Waals surface area contributed by atoms with E-state index in [9.17, 15) is 4.79 Å². The van der Waals surface area contributed by atoms with Gasteiger partial charge in [0.2, 0.25) is 5.91 Å². The summed E-state index contributed by atoms with van der Waals surface area (Å²) in [5.74, 6) is 0.867. The maximum Gasteiger partial charge on any atom is 0.238 e. The zero-order valence-corrected chi connectivity index (χ0v) is 10.8. The Morgan fingerprint density at radius 2 is 2.29 bits per heavy atom. The number of hydrogen-bond acceptors (Lipinski definition) is 3. The van der Waals surface area contributed by atoms with Crippen LogP contribution in [0.3, 0.4) is 0 Å². The van der Waals surface area contributed by atoms with Crippen LogP contribution in [0.4, 0.5) is 5.69 Å². The predicted octanol–water partition coefficient (Wildman–Crippen LogP) is 2.77. The van der Waals surface area contributed by atoms with Crippen molar-refractivity contribution in [2.24, 2.45) is 0 Å². The van der Waals surface area contributed by atoms with E-state index < -0.39 is 0 Å². The smallest absolute Gasteiger partial charge is 0.238 e. The van der Waals surface area contributed by atoms with Crippen molar-refractivity contribution >= 4 is 23.4 Å². The first kappa shape index (κ1) is 12.0. The molecule has 1 amide bonds. The molecule has 1 aromatic rings. The van der Waals surface area contributed by atoms with Crippen LogP contribution in [-0.4, -0.2) is 18.2 Å². The minimum Gasteiger partial charge on any atom is -0.297 e. The highest BCUT2D eigenvalue weighted by molar-refractivity contribution is 8.00. The Bertz CT molecular complexity index is 491. The average Bonchev–Trinajstić information content (AvgIpc) is 2.32. The van der Waals surface area contributed by atoms with Gasteiger partial charge in [0.05, 0.1) is 17.5 Å². The number of fused-ring (bicyclic) bond motifs is 1. The molecule has 17 heavy (non-hydrogen) atoms. The molecule has 0 saturated carbocycles. The molecular weight excluding hydrogens is 232 g/mol. The van der Waals surface area contributed by atoms with Gasteiger partial charge in [-0.3, -0.25) is 9.69 Å². The van der Waals surface area contributed by atoms with Crippen LogP contribution in [-0.2, 0) is 4.79 Å². The first-order chi connectivity index (χ1) is 8.13. The van der Waals surface area contributed by atoms with E-state index in [1.54, 1.807) is 16.7 Å². The van der Waals surface area contributed by atoms with Crippen molar-refractivity contribution in [2.45, 2.75) is 24.7 Å². The second-order valence-corrected chi connectivity index (χ2v) is 5.33. The van der Waals surface area contributed by atoms with Crippen molar-refractivity contribution < 1.29 is 4.79 Å². The molecule has 1 aliphatic heterocycles. The second-order valence-electron chi connectivity index (χ2n) is 4.31. The van der Waals surface area contributed by atoms with Gasteiger partial charge in [-0.2, -0.15) is 5.26 Å². The number of benzene rings is 1. The quantitative estimate of drug-likeness (QED) is 0.754. The van der Waals surface area contributed by atoms with Crippen LogP contribution in [0.2, 0.25) is 0 Å². The molecule has 3 nitrogen and oxygen atoms in total. The molecule has 0 atom stereocenters. The Morgan fingerprint density at radius 1 is 1.53 bits per heavy atom. The zero-order chi connectivity index (χ0) is 12.4. The van der Waals surface area contributed by atoms with Gasteiger partial charge in [-0.25, -0.2) is 0 Å². The van der Waals surface area contributed by atoms with Gasteiger partial charge in [0.25, 0.3) is 0 Å². The number of thioether (sulfide) groups is 1. The molecule has 0 aromatic heterocycles. The van der Waals surface area contributed by atoms with Crippen molar-refractivity contribution in [3.8, 4) is 6.07 Å². The molecule has 0 N–H and O–H groups in total. The summed E-state index contributed by atoms with van der Waals surface area (Å²) in [5, 5.41) is 8.79. The predicted molar refractivity (Wildman–Crippen MR) is 69.2 cm³/mol. The van der Waals surface area contributed by atoms with E-state index in [1.165, 1.54) is 5.56 Å². The highest BCUT2D eigenvalue weighted by atomic mass is 32.2. The molecule has 1 heterocycles. The molecule has 1 aliphatic rings. The van der Waals surface area contributed by atoms with Gasteiger partial charge >= 0.3 is 0 Å². The number of rotatable bonds is 2. The summed E-state index contributed by atoms with van der Waals surface area (Å²) in [5.41, 5.74) is 2.08. The van der Waals surface area contributed by atoms with Gasteiger partial charge in [-0.1, -0.05) is 19.9 Å². The normalized spacial score (nSPS) is 14.7. The summed E-state index contributed by atoms with van der Waals surface area (Å²) in [4.78, 5) is 14.5. The minimum absolute atomic E-state index is 0.0185. The largest absolute Gasteiger partial charge is 0.297 e. The van der Waals surface area contributed by atoms with Crippen molar-refractivity contribution in [3.63, 3.8) is 0 Å². The molecule has 0 radical (unpaired) electrons. The summed E-state index contributed by atoms with van der Waals surface area (Å²) in [6, 6.07) is 8.22. The van der Waals surface area contributed by atoms with Gasteiger partial charge in [0.15, 0.2) is 0 Å². The highest BCUT2D eigenvalue weighted by Crippen LogP contribution is 2.37. The van der Waals surface area contributed by atoms with Crippen LogP contribution in [0, 0.1) is 11.3 Å². The Kier molecular flexibility index (Phi) is 3.39. The second kappa shape index (κ2) is 4.80. The Labute approximate surface area is 105 Å². The molecule has 1 aromatic carbocycles. The van der Waals surface area contributed by atoms with E-state index in [1.807, 2.05) is 12.1 Å².